The van der Waals surface area contributed by atoms with Crippen molar-refractivity contribution in [2.45, 2.75) is 26.5 Å². The predicted octanol–water partition coefficient (Wildman–Crippen LogP) is 3.11. The molecule has 2 rings (SSSR count). The summed E-state index contributed by atoms with van der Waals surface area (Å²) in [5, 5.41) is 13.4. The molecule has 0 aliphatic rings. The van der Waals surface area contributed by atoms with Gasteiger partial charge in [0.25, 0.3) is 11.6 Å². The standard InChI is InChI=1S/C21H24N2O7/c1-13(2)19(21(25)30-12-14-5-8-16(9-6-14)23(26)27)22-20(24)15-7-10-17(28-3)18(11-15)29-4/h5-11,13,19H,12H2,1-4H3,(H,22,24)/t19-/m0/s1. The molecule has 1 amide bonds. The zero-order valence-electron chi connectivity index (χ0n) is 17.2. The van der Waals surface area contributed by atoms with Crippen LogP contribution < -0.4 is 14.8 Å². The second-order valence-corrected chi connectivity index (χ2v) is 6.80. The maximum atomic E-state index is 12.6. The summed E-state index contributed by atoms with van der Waals surface area (Å²) in [5.74, 6) is -0.401. The minimum absolute atomic E-state index is 0.0488. The first-order valence-electron chi connectivity index (χ1n) is 9.19. The molecule has 160 valence electrons. The Morgan fingerprint density at radius 2 is 1.67 bits per heavy atom. The van der Waals surface area contributed by atoms with Crippen LogP contribution in [0.2, 0.25) is 0 Å². The molecule has 1 atom stereocenters. The van der Waals surface area contributed by atoms with Crippen LogP contribution in [-0.4, -0.2) is 37.1 Å². The molecule has 0 heterocycles. The molecule has 1 N–H and O–H groups in total. The molecule has 30 heavy (non-hydrogen) atoms. The van der Waals surface area contributed by atoms with Gasteiger partial charge < -0.3 is 19.5 Å². The van der Waals surface area contributed by atoms with Crippen molar-refractivity contribution in [1.29, 1.82) is 0 Å². The van der Waals surface area contributed by atoms with Crippen molar-refractivity contribution in [2.24, 2.45) is 5.92 Å². The fourth-order valence-electron chi connectivity index (χ4n) is 2.66. The van der Waals surface area contributed by atoms with Crippen LogP contribution in [0.4, 0.5) is 5.69 Å². The summed E-state index contributed by atoms with van der Waals surface area (Å²) in [5.41, 5.74) is 0.858. The molecule has 0 saturated heterocycles. The fourth-order valence-corrected chi connectivity index (χ4v) is 2.66. The molecule has 0 bridgehead atoms. The van der Waals surface area contributed by atoms with Crippen molar-refractivity contribution < 1.29 is 28.7 Å². The lowest BCUT2D eigenvalue weighted by Gasteiger charge is -2.21. The largest absolute Gasteiger partial charge is 0.493 e. The van der Waals surface area contributed by atoms with E-state index in [0.717, 1.165) is 0 Å². The van der Waals surface area contributed by atoms with Gasteiger partial charge in [0.15, 0.2) is 11.5 Å². The molecule has 0 unspecified atom stereocenters. The Morgan fingerprint density at radius 3 is 2.20 bits per heavy atom. The smallest absolute Gasteiger partial charge is 0.329 e. The van der Waals surface area contributed by atoms with E-state index in [1.807, 2.05) is 0 Å². The van der Waals surface area contributed by atoms with Gasteiger partial charge in [0, 0.05) is 17.7 Å². The highest BCUT2D eigenvalue weighted by atomic mass is 16.6. The maximum absolute atomic E-state index is 12.6. The third kappa shape index (κ3) is 5.69. The number of nitro groups is 1. The summed E-state index contributed by atoms with van der Waals surface area (Å²) < 4.78 is 15.7. The number of non-ortho nitro benzene ring substituents is 1. The number of methoxy groups -OCH3 is 2. The summed E-state index contributed by atoms with van der Waals surface area (Å²) in [4.78, 5) is 35.4. The third-order valence-electron chi connectivity index (χ3n) is 4.38. The van der Waals surface area contributed by atoms with E-state index in [2.05, 4.69) is 5.32 Å². The highest BCUT2D eigenvalue weighted by Crippen LogP contribution is 2.27. The van der Waals surface area contributed by atoms with Crippen LogP contribution in [0.15, 0.2) is 42.5 Å². The van der Waals surface area contributed by atoms with Crippen LogP contribution in [0.25, 0.3) is 0 Å². The summed E-state index contributed by atoms with van der Waals surface area (Å²) >= 11 is 0. The van der Waals surface area contributed by atoms with Crippen LogP contribution in [0.1, 0.15) is 29.8 Å². The molecule has 2 aromatic carbocycles. The molecular weight excluding hydrogens is 392 g/mol. The van der Waals surface area contributed by atoms with Gasteiger partial charge in [-0.25, -0.2) is 4.79 Å². The average molecular weight is 416 g/mol. The number of hydrogen-bond donors (Lipinski definition) is 1. The lowest BCUT2D eigenvalue weighted by Crippen LogP contribution is -2.45. The summed E-state index contributed by atoms with van der Waals surface area (Å²) in [6.07, 6.45) is 0. The topological polar surface area (TPSA) is 117 Å². The molecule has 0 aliphatic heterocycles. The SMILES string of the molecule is COc1ccc(C(=O)N[C@H](C(=O)OCc2ccc([N+](=O)[O-])cc2)C(C)C)cc1OC. The van der Waals surface area contributed by atoms with Crippen LogP contribution in [-0.2, 0) is 16.1 Å². The van der Waals surface area contributed by atoms with Crippen LogP contribution in [0.5, 0.6) is 11.5 Å². The van der Waals surface area contributed by atoms with Crippen molar-refractivity contribution in [1.82, 2.24) is 5.32 Å². The van der Waals surface area contributed by atoms with Crippen LogP contribution in [0.3, 0.4) is 0 Å². The highest BCUT2D eigenvalue weighted by Gasteiger charge is 2.26. The third-order valence-corrected chi connectivity index (χ3v) is 4.38. The van der Waals surface area contributed by atoms with E-state index in [-0.39, 0.29) is 18.2 Å². The molecule has 0 radical (unpaired) electrons. The van der Waals surface area contributed by atoms with Gasteiger partial charge in [-0.2, -0.15) is 0 Å². The molecule has 0 aromatic heterocycles. The summed E-state index contributed by atoms with van der Waals surface area (Å²) in [6, 6.07) is 9.51. The number of nitrogens with zero attached hydrogens (tertiary/aromatic N) is 1. The van der Waals surface area contributed by atoms with E-state index in [4.69, 9.17) is 14.2 Å². The Morgan fingerprint density at radius 1 is 1.03 bits per heavy atom. The van der Waals surface area contributed by atoms with E-state index < -0.39 is 22.8 Å². The van der Waals surface area contributed by atoms with Gasteiger partial charge in [-0.1, -0.05) is 13.8 Å². The Bertz CT molecular complexity index is 910. The Labute approximate surface area is 174 Å². The van der Waals surface area contributed by atoms with E-state index in [1.54, 1.807) is 26.0 Å². The van der Waals surface area contributed by atoms with Gasteiger partial charge in [0.05, 0.1) is 19.1 Å². The number of amides is 1. The molecule has 2 aromatic rings. The molecule has 0 saturated carbocycles. The number of benzene rings is 2. The number of esters is 1. The van der Waals surface area contributed by atoms with Crippen molar-refractivity contribution in [3.63, 3.8) is 0 Å². The zero-order chi connectivity index (χ0) is 22.3. The summed E-state index contributed by atoms with van der Waals surface area (Å²) in [7, 11) is 2.96. The van der Waals surface area contributed by atoms with Gasteiger partial charge >= 0.3 is 5.97 Å². The number of hydrogen-bond acceptors (Lipinski definition) is 7. The van der Waals surface area contributed by atoms with Gasteiger partial charge in [-0.3, -0.25) is 14.9 Å². The van der Waals surface area contributed by atoms with E-state index in [9.17, 15) is 19.7 Å². The first-order valence-corrected chi connectivity index (χ1v) is 9.19. The highest BCUT2D eigenvalue weighted by molar-refractivity contribution is 5.97. The number of ether oxygens (including phenoxy) is 3. The van der Waals surface area contributed by atoms with E-state index in [0.29, 0.717) is 22.6 Å². The van der Waals surface area contributed by atoms with Gasteiger partial charge in [0.1, 0.15) is 12.6 Å². The Hall–Kier alpha value is -3.62. The number of nitro benzene ring substituents is 1. The second kappa shape index (κ2) is 10.2. The fraction of sp³-hybridized carbons (Fsp3) is 0.333. The van der Waals surface area contributed by atoms with Crippen molar-refractivity contribution >= 4 is 17.6 Å². The minimum Gasteiger partial charge on any atom is -0.493 e. The average Bonchev–Trinajstić information content (AvgIpc) is 2.75. The molecule has 9 heteroatoms. The predicted molar refractivity (Wildman–Crippen MR) is 109 cm³/mol. The number of carbonyl (C=O) groups excluding carboxylic acids is 2. The monoisotopic (exact) mass is 416 g/mol. The minimum atomic E-state index is -0.872. The molecule has 0 spiro atoms. The van der Waals surface area contributed by atoms with Crippen molar-refractivity contribution in [2.75, 3.05) is 14.2 Å². The zero-order valence-corrected chi connectivity index (χ0v) is 17.2. The van der Waals surface area contributed by atoms with E-state index >= 15 is 0 Å². The van der Waals surface area contributed by atoms with Crippen LogP contribution in [0, 0.1) is 16.0 Å². The maximum Gasteiger partial charge on any atom is 0.329 e. The van der Waals surface area contributed by atoms with Gasteiger partial charge in [0.2, 0.25) is 0 Å². The Kier molecular flexibility index (Phi) is 7.74. The molecule has 0 fully saturated rings. The number of rotatable bonds is 9. The van der Waals surface area contributed by atoms with E-state index in [1.165, 1.54) is 44.6 Å². The second-order valence-electron chi connectivity index (χ2n) is 6.80. The number of carbonyl (C=O) groups is 2. The summed E-state index contributed by atoms with van der Waals surface area (Å²) in [6.45, 7) is 3.51. The molecule has 9 nitrogen and oxygen atoms in total. The first kappa shape index (κ1) is 22.7. The normalized spacial score (nSPS) is 11.5. The van der Waals surface area contributed by atoms with Crippen LogP contribution >= 0.6 is 0 Å². The van der Waals surface area contributed by atoms with Crippen molar-refractivity contribution in [3.8, 4) is 11.5 Å². The molecule has 0 aliphatic carbocycles. The van der Waals surface area contributed by atoms with Gasteiger partial charge in [-0.05, 0) is 41.8 Å². The van der Waals surface area contributed by atoms with Gasteiger partial charge in [-0.15, -0.1) is 0 Å². The quantitative estimate of drug-likeness (QED) is 0.379. The number of nitrogens with one attached hydrogen (secondary N) is 1. The lowest BCUT2D eigenvalue weighted by atomic mass is 10.0. The molecular formula is C21H24N2O7. The van der Waals surface area contributed by atoms with Crippen molar-refractivity contribution in [3.05, 3.63) is 63.7 Å². The Balaban J connectivity index is 2.04. The first-order chi connectivity index (χ1) is 14.3. The lowest BCUT2D eigenvalue weighted by molar-refractivity contribution is -0.384.